The van der Waals surface area contributed by atoms with E-state index >= 15 is 0 Å². The Hall–Kier alpha value is -2.07. The highest BCUT2D eigenvalue weighted by atomic mass is 79.9. The Kier molecular flexibility index (Phi) is 5.58. The summed E-state index contributed by atoms with van der Waals surface area (Å²) in [5, 5.41) is 2.84. The number of hydrogen-bond acceptors (Lipinski definition) is 2. The number of carbonyl (C=O) groups is 1. The second-order valence-electron chi connectivity index (χ2n) is 4.42. The average molecular weight is 346 g/mol. The number of halogens is 1. The lowest BCUT2D eigenvalue weighted by atomic mass is 10.2. The van der Waals surface area contributed by atoms with E-state index in [1.54, 1.807) is 13.2 Å². The van der Waals surface area contributed by atoms with E-state index in [4.69, 9.17) is 4.74 Å². The fourth-order valence-corrected chi connectivity index (χ4v) is 2.29. The van der Waals surface area contributed by atoms with Gasteiger partial charge in [0, 0.05) is 22.7 Å². The number of benzene rings is 2. The topological polar surface area (TPSA) is 38.3 Å². The molecule has 1 amide bonds. The van der Waals surface area contributed by atoms with Gasteiger partial charge in [0.05, 0.1) is 7.11 Å². The molecule has 3 nitrogen and oxygen atoms in total. The molecule has 1 N–H and O–H groups in total. The predicted molar refractivity (Wildman–Crippen MR) is 88.0 cm³/mol. The van der Waals surface area contributed by atoms with Gasteiger partial charge in [-0.15, -0.1) is 0 Å². The number of hydrogen-bond donors (Lipinski definition) is 1. The number of ether oxygens (including phenoxy) is 1. The van der Waals surface area contributed by atoms with Gasteiger partial charge < -0.3 is 10.1 Å². The third kappa shape index (κ3) is 4.76. The van der Waals surface area contributed by atoms with Crippen molar-refractivity contribution >= 4 is 27.9 Å². The fraction of sp³-hybridized carbons (Fsp3) is 0.118. The molecule has 0 radical (unpaired) electrons. The third-order valence-electron chi connectivity index (χ3n) is 2.92. The average Bonchev–Trinajstić information content (AvgIpc) is 2.51. The Bertz CT molecular complexity index is 653. The molecule has 108 valence electrons. The summed E-state index contributed by atoms with van der Waals surface area (Å²) in [7, 11) is 1.62. The predicted octanol–water partition coefficient (Wildman–Crippen LogP) is 3.79. The third-order valence-corrected chi connectivity index (χ3v) is 3.41. The zero-order chi connectivity index (χ0) is 15.1. The van der Waals surface area contributed by atoms with E-state index in [1.807, 2.05) is 48.5 Å². The van der Waals surface area contributed by atoms with Crippen LogP contribution in [0.4, 0.5) is 0 Å². The van der Waals surface area contributed by atoms with Gasteiger partial charge >= 0.3 is 0 Å². The number of carbonyl (C=O) groups excluding carboxylic acids is 1. The van der Waals surface area contributed by atoms with E-state index < -0.39 is 0 Å². The highest BCUT2D eigenvalue weighted by Crippen LogP contribution is 2.16. The van der Waals surface area contributed by atoms with Gasteiger partial charge in [-0.05, 0) is 29.8 Å². The van der Waals surface area contributed by atoms with Crippen LogP contribution in [-0.4, -0.2) is 13.0 Å². The van der Waals surface area contributed by atoms with Crippen molar-refractivity contribution in [3.8, 4) is 5.75 Å². The molecule has 0 atom stereocenters. The van der Waals surface area contributed by atoms with Crippen molar-refractivity contribution in [2.24, 2.45) is 0 Å². The van der Waals surface area contributed by atoms with Crippen molar-refractivity contribution in [2.45, 2.75) is 6.54 Å². The first kappa shape index (κ1) is 15.3. The number of rotatable bonds is 5. The van der Waals surface area contributed by atoms with E-state index in [9.17, 15) is 4.79 Å². The molecule has 0 heterocycles. The molecule has 0 fully saturated rings. The molecule has 4 heteroatoms. The molecule has 0 bridgehead atoms. The fourth-order valence-electron chi connectivity index (χ4n) is 1.87. The zero-order valence-corrected chi connectivity index (χ0v) is 13.3. The molecule has 0 saturated heterocycles. The Balaban J connectivity index is 1.93. The summed E-state index contributed by atoms with van der Waals surface area (Å²) in [6, 6.07) is 15.4. The van der Waals surface area contributed by atoms with Crippen LogP contribution in [0, 0.1) is 0 Å². The Morgan fingerprint density at radius 3 is 2.81 bits per heavy atom. The van der Waals surface area contributed by atoms with Crippen molar-refractivity contribution in [1.82, 2.24) is 5.32 Å². The minimum atomic E-state index is -0.138. The number of para-hydroxylation sites is 1. The van der Waals surface area contributed by atoms with Crippen LogP contribution in [0.25, 0.3) is 6.08 Å². The smallest absolute Gasteiger partial charge is 0.244 e. The second-order valence-corrected chi connectivity index (χ2v) is 5.33. The van der Waals surface area contributed by atoms with Gasteiger partial charge in [0.15, 0.2) is 0 Å². The molecule has 0 aliphatic carbocycles. The summed E-state index contributed by atoms with van der Waals surface area (Å²) in [6.07, 6.45) is 3.31. The van der Waals surface area contributed by atoms with Crippen LogP contribution in [0.1, 0.15) is 11.1 Å². The summed E-state index contributed by atoms with van der Waals surface area (Å²) in [5.74, 6) is 0.634. The van der Waals surface area contributed by atoms with E-state index in [0.29, 0.717) is 6.54 Å². The van der Waals surface area contributed by atoms with Gasteiger partial charge in [-0.1, -0.05) is 46.3 Å². The monoisotopic (exact) mass is 345 g/mol. The van der Waals surface area contributed by atoms with Crippen LogP contribution < -0.4 is 10.1 Å². The van der Waals surface area contributed by atoms with E-state index in [0.717, 1.165) is 21.3 Å². The molecule has 0 aliphatic heterocycles. The number of nitrogens with one attached hydrogen (secondary N) is 1. The Labute approximate surface area is 132 Å². The van der Waals surface area contributed by atoms with Crippen LogP contribution in [0.15, 0.2) is 59.1 Å². The first-order valence-corrected chi connectivity index (χ1v) is 7.31. The lowest BCUT2D eigenvalue weighted by Gasteiger charge is -2.08. The zero-order valence-electron chi connectivity index (χ0n) is 11.7. The summed E-state index contributed by atoms with van der Waals surface area (Å²) >= 11 is 3.40. The Morgan fingerprint density at radius 1 is 1.24 bits per heavy atom. The van der Waals surface area contributed by atoms with Gasteiger partial charge in [-0.25, -0.2) is 0 Å². The molecule has 0 saturated carbocycles. The quantitative estimate of drug-likeness (QED) is 0.837. The first-order valence-electron chi connectivity index (χ1n) is 6.52. The summed E-state index contributed by atoms with van der Waals surface area (Å²) in [6.45, 7) is 0.436. The first-order chi connectivity index (χ1) is 10.2. The van der Waals surface area contributed by atoms with Crippen molar-refractivity contribution < 1.29 is 9.53 Å². The maximum absolute atomic E-state index is 11.8. The molecular weight excluding hydrogens is 330 g/mol. The van der Waals surface area contributed by atoms with Crippen LogP contribution in [0.5, 0.6) is 5.75 Å². The lowest BCUT2D eigenvalue weighted by Crippen LogP contribution is -2.20. The van der Waals surface area contributed by atoms with Gasteiger partial charge in [-0.2, -0.15) is 0 Å². The minimum Gasteiger partial charge on any atom is -0.496 e. The maximum Gasteiger partial charge on any atom is 0.244 e. The lowest BCUT2D eigenvalue weighted by molar-refractivity contribution is -0.116. The molecule has 0 aromatic heterocycles. The van der Waals surface area contributed by atoms with Crippen LogP contribution in [0.3, 0.4) is 0 Å². The maximum atomic E-state index is 11.8. The van der Waals surface area contributed by atoms with Gasteiger partial charge in [0.25, 0.3) is 0 Å². The van der Waals surface area contributed by atoms with E-state index in [-0.39, 0.29) is 5.91 Å². The van der Waals surface area contributed by atoms with Crippen molar-refractivity contribution in [3.63, 3.8) is 0 Å². The standard InChI is InChI=1S/C17H16BrNO2/c1-21-16-8-3-2-6-14(16)12-19-17(20)10-9-13-5-4-7-15(18)11-13/h2-11H,12H2,1H3,(H,19,20)/b10-9+. The number of amides is 1. The molecule has 2 aromatic carbocycles. The van der Waals surface area contributed by atoms with E-state index in [1.165, 1.54) is 6.08 Å². The molecule has 0 unspecified atom stereocenters. The molecule has 2 aromatic rings. The van der Waals surface area contributed by atoms with Gasteiger partial charge in [-0.3, -0.25) is 4.79 Å². The van der Waals surface area contributed by atoms with Crippen LogP contribution in [0.2, 0.25) is 0 Å². The normalized spacial score (nSPS) is 10.6. The molecule has 2 rings (SSSR count). The molecule has 21 heavy (non-hydrogen) atoms. The number of methoxy groups -OCH3 is 1. The second kappa shape index (κ2) is 7.64. The van der Waals surface area contributed by atoms with Crippen molar-refractivity contribution in [2.75, 3.05) is 7.11 Å². The van der Waals surface area contributed by atoms with Crippen molar-refractivity contribution in [3.05, 3.63) is 70.2 Å². The summed E-state index contributed by atoms with van der Waals surface area (Å²) < 4.78 is 6.23. The Morgan fingerprint density at radius 2 is 2.05 bits per heavy atom. The summed E-state index contributed by atoms with van der Waals surface area (Å²) in [5.41, 5.74) is 1.92. The largest absolute Gasteiger partial charge is 0.496 e. The molecule has 0 spiro atoms. The van der Waals surface area contributed by atoms with Crippen LogP contribution in [-0.2, 0) is 11.3 Å². The van der Waals surface area contributed by atoms with Gasteiger partial charge in [0.1, 0.15) is 5.75 Å². The highest BCUT2D eigenvalue weighted by molar-refractivity contribution is 9.10. The minimum absolute atomic E-state index is 0.138. The molecular formula is C17H16BrNO2. The van der Waals surface area contributed by atoms with E-state index in [2.05, 4.69) is 21.2 Å². The van der Waals surface area contributed by atoms with Crippen molar-refractivity contribution in [1.29, 1.82) is 0 Å². The SMILES string of the molecule is COc1ccccc1CNC(=O)/C=C/c1cccc(Br)c1. The molecule has 0 aliphatic rings. The van der Waals surface area contributed by atoms with Crippen LogP contribution >= 0.6 is 15.9 Å². The highest BCUT2D eigenvalue weighted by Gasteiger charge is 2.02. The van der Waals surface area contributed by atoms with Gasteiger partial charge in [0.2, 0.25) is 5.91 Å². The summed E-state index contributed by atoms with van der Waals surface area (Å²) in [4.78, 5) is 11.8.